The van der Waals surface area contributed by atoms with Crippen molar-refractivity contribution in [2.24, 2.45) is 0 Å². The molecular formula is C16H16S3. The third-order valence-corrected chi connectivity index (χ3v) is 6.67. The van der Waals surface area contributed by atoms with Crippen LogP contribution in [-0.4, -0.2) is 0 Å². The summed E-state index contributed by atoms with van der Waals surface area (Å²) in [6.07, 6.45) is 2.23. The first-order valence-electron chi connectivity index (χ1n) is 6.56. The Morgan fingerprint density at radius 1 is 0.737 bits per heavy atom. The van der Waals surface area contributed by atoms with Gasteiger partial charge in [-0.05, 0) is 59.0 Å². The van der Waals surface area contributed by atoms with Crippen molar-refractivity contribution in [1.82, 2.24) is 0 Å². The van der Waals surface area contributed by atoms with E-state index in [0.29, 0.717) is 0 Å². The second-order valence-electron chi connectivity index (χ2n) is 4.42. The summed E-state index contributed by atoms with van der Waals surface area (Å²) in [6, 6.07) is 9.07. The molecule has 0 radical (unpaired) electrons. The zero-order valence-electron chi connectivity index (χ0n) is 11.1. The molecule has 3 aromatic heterocycles. The largest absolute Gasteiger partial charge is 0.143 e. The molecule has 0 atom stereocenters. The van der Waals surface area contributed by atoms with Gasteiger partial charge in [0.2, 0.25) is 0 Å². The maximum absolute atomic E-state index is 2.28. The molecule has 0 spiro atoms. The van der Waals surface area contributed by atoms with Gasteiger partial charge in [-0.15, -0.1) is 34.0 Å². The average molecular weight is 305 g/mol. The molecule has 0 unspecified atom stereocenters. The summed E-state index contributed by atoms with van der Waals surface area (Å²) in [4.78, 5) is 5.73. The van der Waals surface area contributed by atoms with Gasteiger partial charge in [0.25, 0.3) is 0 Å². The minimum absolute atomic E-state index is 1.12. The van der Waals surface area contributed by atoms with Crippen molar-refractivity contribution in [3.63, 3.8) is 0 Å². The van der Waals surface area contributed by atoms with Gasteiger partial charge in [-0.2, -0.15) is 0 Å². The highest BCUT2D eigenvalue weighted by Gasteiger charge is 2.12. The van der Waals surface area contributed by atoms with E-state index in [1.165, 1.54) is 30.6 Å². The molecule has 0 N–H and O–H groups in total. The molecule has 0 amide bonds. The van der Waals surface area contributed by atoms with E-state index in [4.69, 9.17) is 0 Å². The molecule has 19 heavy (non-hydrogen) atoms. The highest BCUT2D eigenvalue weighted by atomic mass is 32.1. The summed E-state index contributed by atoms with van der Waals surface area (Å²) in [5.74, 6) is 0. The third-order valence-electron chi connectivity index (χ3n) is 3.31. The number of rotatable bonds is 4. The van der Waals surface area contributed by atoms with Crippen molar-refractivity contribution >= 4 is 34.0 Å². The number of aryl methyl sites for hydroxylation is 2. The summed E-state index contributed by atoms with van der Waals surface area (Å²) >= 11 is 5.65. The predicted octanol–water partition coefficient (Wildman–Crippen LogP) is 6.33. The van der Waals surface area contributed by atoms with Gasteiger partial charge in [0.15, 0.2) is 0 Å². The topological polar surface area (TPSA) is 0 Å². The van der Waals surface area contributed by atoms with Crippen molar-refractivity contribution in [2.45, 2.75) is 26.7 Å². The zero-order valence-corrected chi connectivity index (χ0v) is 13.6. The summed E-state index contributed by atoms with van der Waals surface area (Å²) in [6.45, 7) is 4.46. The van der Waals surface area contributed by atoms with E-state index >= 15 is 0 Å². The number of hydrogen-bond donors (Lipinski definition) is 0. The van der Waals surface area contributed by atoms with E-state index < -0.39 is 0 Å². The predicted molar refractivity (Wildman–Crippen MR) is 89.7 cm³/mol. The van der Waals surface area contributed by atoms with Gasteiger partial charge in [0.05, 0.1) is 0 Å². The summed E-state index contributed by atoms with van der Waals surface area (Å²) < 4.78 is 0. The minimum Gasteiger partial charge on any atom is -0.143 e. The molecule has 3 rings (SSSR count). The van der Waals surface area contributed by atoms with E-state index in [-0.39, 0.29) is 0 Å². The van der Waals surface area contributed by atoms with Crippen molar-refractivity contribution in [3.05, 3.63) is 46.2 Å². The van der Waals surface area contributed by atoms with Crippen molar-refractivity contribution < 1.29 is 0 Å². The van der Waals surface area contributed by atoms with Crippen LogP contribution in [0.3, 0.4) is 0 Å². The molecular weight excluding hydrogens is 288 g/mol. The van der Waals surface area contributed by atoms with Gasteiger partial charge in [-0.3, -0.25) is 0 Å². The van der Waals surface area contributed by atoms with Crippen LogP contribution in [0.1, 0.15) is 25.0 Å². The Morgan fingerprint density at radius 3 is 1.63 bits per heavy atom. The zero-order chi connectivity index (χ0) is 13.2. The second kappa shape index (κ2) is 5.61. The maximum Gasteiger partial charge on any atom is 0.0474 e. The van der Waals surface area contributed by atoms with E-state index in [2.05, 4.69) is 48.9 Å². The molecule has 0 aromatic carbocycles. The van der Waals surface area contributed by atoms with Crippen LogP contribution in [-0.2, 0) is 12.8 Å². The van der Waals surface area contributed by atoms with Gasteiger partial charge in [-0.25, -0.2) is 0 Å². The van der Waals surface area contributed by atoms with E-state index in [0.717, 1.165) is 12.8 Å². The molecule has 3 heteroatoms. The van der Waals surface area contributed by atoms with Crippen LogP contribution in [0.15, 0.2) is 35.0 Å². The molecule has 0 fully saturated rings. The van der Waals surface area contributed by atoms with Gasteiger partial charge in [-0.1, -0.05) is 13.8 Å². The van der Waals surface area contributed by atoms with Crippen LogP contribution in [0, 0.1) is 0 Å². The standard InChI is InChI=1S/C16H16S3/c1-3-11-7-9-17-15(11)13-5-6-14(19-13)16-12(4-2)8-10-18-16/h5-10H,3-4H2,1-2H3. The van der Waals surface area contributed by atoms with Crippen molar-refractivity contribution in [2.75, 3.05) is 0 Å². The average Bonchev–Trinajstić information content (AvgIpc) is 3.16. The van der Waals surface area contributed by atoms with Gasteiger partial charge < -0.3 is 0 Å². The lowest BCUT2D eigenvalue weighted by Crippen LogP contribution is -1.76. The lowest BCUT2D eigenvalue weighted by Gasteiger charge is -1.98. The third kappa shape index (κ3) is 2.42. The fourth-order valence-corrected chi connectivity index (χ4v) is 5.57. The molecule has 0 nitrogen and oxygen atoms in total. The van der Waals surface area contributed by atoms with Crippen molar-refractivity contribution in [1.29, 1.82) is 0 Å². The molecule has 98 valence electrons. The van der Waals surface area contributed by atoms with Crippen molar-refractivity contribution in [3.8, 4) is 19.5 Å². The molecule has 3 aromatic rings. The first-order chi connectivity index (χ1) is 9.33. The first kappa shape index (κ1) is 13.1. The van der Waals surface area contributed by atoms with Crippen LogP contribution < -0.4 is 0 Å². The molecule has 0 aliphatic carbocycles. The lowest BCUT2D eigenvalue weighted by molar-refractivity contribution is 1.16. The molecule has 0 aliphatic rings. The fourth-order valence-electron chi connectivity index (χ4n) is 2.24. The molecule has 0 aliphatic heterocycles. The molecule has 0 saturated carbocycles. The number of hydrogen-bond acceptors (Lipinski definition) is 3. The van der Waals surface area contributed by atoms with Gasteiger partial charge in [0.1, 0.15) is 0 Å². The Kier molecular flexibility index (Phi) is 3.87. The fraction of sp³-hybridized carbons (Fsp3) is 0.250. The summed E-state index contributed by atoms with van der Waals surface area (Å²) in [5, 5.41) is 4.41. The van der Waals surface area contributed by atoms with E-state index in [1.54, 1.807) is 0 Å². The minimum atomic E-state index is 1.12. The summed E-state index contributed by atoms with van der Waals surface area (Å²) in [7, 11) is 0. The van der Waals surface area contributed by atoms with Crippen LogP contribution in [0.2, 0.25) is 0 Å². The Balaban J connectivity index is 2.00. The SMILES string of the molecule is CCc1ccsc1-c1ccc(-c2sccc2CC)s1. The second-order valence-corrected chi connectivity index (χ2v) is 7.34. The highest BCUT2D eigenvalue weighted by molar-refractivity contribution is 7.25. The Morgan fingerprint density at radius 2 is 1.21 bits per heavy atom. The Hall–Kier alpha value is -0.900. The van der Waals surface area contributed by atoms with Gasteiger partial charge >= 0.3 is 0 Å². The van der Waals surface area contributed by atoms with Crippen LogP contribution >= 0.6 is 34.0 Å². The van der Waals surface area contributed by atoms with Gasteiger partial charge in [0, 0.05) is 19.5 Å². The Labute approximate surface area is 126 Å². The highest BCUT2D eigenvalue weighted by Crippen LogP contribution is 2.41. The lowest BCUT2D eigenvalue weighted by atomic mass is 10.2. The number of thiophene rings is 3. The Bertz CT molecular complexity index is 613. The van der Waals surface area contributed by atoms with E-state index in [9.17, 15) is 0 Å². The van der Waals surface area contributed by atoms with Crippen LogP contribution in [0.5, 0.6) is 0 Å². The normalized spacial score (nSPS) is 11.1. The smallest absolute Gasteiger partial charge is 0.0474 e. The first-order valence-corrected chi connectivity index (χ1v) is 9.14. The molecule has 3 heterocycles. The monoisotopic (exact) mass is 304 g/mol. The quantitative estimate of drug-likeness (QED) is 0.528. The maximum atomic E-state index is 2.28. The summed E-state index contributed by atoms with van der Waals surface area (Å²) in [5.41, 5.74) is 2.94. The molecule has 0 saturated heterocycles. The van der Waals surface area contributed by atoms with Crippen LogP contribution in [0.25, 0.3) is 19.5 Å². The molecule has 0 bridgehead atoms. The van der Waals surface area contributed by atoms with E-state index in [1.807, 2.05) is 34.0 Å². The van der Waals surface area contributed by atoms with Crippen LogP contribution in [0.4, 0.5) is 0 Å².